The summed E-state index contributed by atoms with van der Waals surface area (Å²) in [5.74, 6) is 1.81. The fraction of sp³-hybridized carbons (Fsp3) is 0.875. The molecule has 1 saturated carbocycles. The molecule has 0 N–H and O–H groups in total. The van der Waals surface area contributed by atoms with Gasteiger partial charge in [-0.3, -0.25) is 4.79 Å². The van der Waals surface area contributed by atoms with E-state index in [1.807, 2.05) is 0 Å². The largest absolute Gasteiger partial charge is 0.300 e. The van der Waals surface area contributed by atoms with E-state index in [0.717, 1.165) is 12.8 Å². The average Bonchev–Trinajstić information content (AvgIpc) is 2.10. The van der Waals surface area contributed by atoms with E-state index in [-0.39, 0.29) is 0 Å². The van der Waals surface area contributed by atoms with Crippen LogP contribution in [-0.2, 0) is 4.79 Å². The monoisotopic (exact) mass is 126 g/mol. The fourth-order valence-electron chi connectivity index (χ4n) is 1.65. The van der Waals surface area contributed by atoms with Gasteiger partial charge < -0.3 is 0 Å². The Morgan fingerprint density at radius 1 is 1.56 bits per heavy atom. The van der Waals surface area contributed by atoms with Crippen molar-refractivity contribution in [2.24, 2.45) is 11.8 Å². The van der Waals surface area contributed by atoms with Gasteiger partial charge in [-0.15, -0.1) is 0 Å². The maximum absolute atomic E-state index is 10.8. The van der Waals surface area contributed by atoms with Gasteiger partial charge in [0.05, 0.1) is 0 Å². The molecule has 52 valence electrons. The predicted octanol–water partition coefficient (Wildman–Crippen LogP) is 2.01. The van der Waals surface area contributed by atoms with Crippen molar-refractivity contribution < 1.29 is 4.79 Å². The third-order valence-electron chi connectivity index (χ3n) is 2.37. The Morgan fingerprint density at radius 2 is 2.22 bits per heavy atom. The van der Waals surface area contributed by atoms with E-state index in [0.29, 0.717) is 17.6 Å². The van der Waals surface area contributed by atoms with E-state index < -0.39 is 0 Å². The summed E-state index contributed by atoms with van der Waals surface area (Å²) in [6, 6.07) is 0. The molecule has 0 heterocycles. The van der Waals surface area contributed by atoms with Crippen molar-refractivity contribution in [3.8, 4) is 0 Å². The Morgan fingerprint density at radius 3 is 2.44 bits per heavy atom. The summed E-state index contributed by atoms with van der Waals surface area (Å²) in [5, 5.41) is 0. The van der Waals surface area contributed by atoms with E-state index in [2.05, 4.69) is 13.8 Å². The first-order valence-electron chi connectivity index (χ1n) is 3.75. The van der Waals surface area contributed by atoms with Crippen molar-refractivity contribution in [2.45, 2.75) is 33.1 Å². The summed E-state index contributed by atoms with van der Waals surface area (Å²) in [5.41, 5.74) is 0. The molecule has 2 atom stereocenters. The zero-order valence-electron chi connectivity index (χ0n) is 6.18. The Labute approximate surface area is 56.4 Å². The molecule has 0 aromatic heterocycles. The highest BCUT2D eigenvalue weighted by atomic mass is 16.1. The van der Waals surface area contributed by atoms with Gasteiger partial charge in [-0.25, -0.2) is 0 Å². The van der Waals surface area contributed by atoms with Crippen LogP contribution in [0.1, 0.15) is 33.1 Å². The van der Waals surface area contributed by atoms with Gasteiger partial charge in [0.1, 0.15) is 5.78 Å². The van der Waals surface area contributed by atoms with Crippen LogP contribution in [0.2, 0.25) is 0 Å². The second-order valence-corrected chi connectivity index (χ2v) is 3.09. The molecule has 0 radical (unpaired) electrons. The standard InChI is InChI=1S/C8H14O/c1-3-7-5-8(9)4-6(7)2/h6-7H,3-5H2,1-2H3/t6-,7-/m1/s1. The Bertz CT molecular complexity index is 118. The van der Waals surface area contributed by atoms with Crippen molar-refractivity contribution in [3.05, 3.63) is 0 Å². The first-order valence-corrected chi connectivity index (χ1v) is 3.75. The second kappa shape index (κ2) is 2.51. The normalized spacial score (nSPS) is 35.6. The van der Waals surface area contributed by atoms with Gasteiger partial charge in [-0.05, 0) is 11.8 Å². The zero-order chi connectivity index (χ0) is 6.85. The predicted molar refractivity (Wildman–Crippen MR) is 37.2 cm³/mol. The van der Waals surface area contributed by atoms with Gasteiger partial charge >= 0.3 is 0 Å². The van der Waals surface area contributed by atoms with E-state index in [1.165, 1.54) is 6.42 Å². The maximum Gasteiger partial charge on any atom is 0.133 e. The zero-order valence-corrected chi connectivity index (χ0v) is 6.18. The Hall–Kier alpha value is -0.330. The van der Waals surface area contributed by atoms with Crippen LogP contribution in [0.4, 0.5) is 0 Å². The molecule has 0 aromatic carbocycles. The molecule has 1 rings (SSSR count). The topological polar surface area (TPSA) is 17.1 Å². The van der Waals surface area contributed by atoms with Gasteiger partial charge in [-0.2, -0.15) is 0 Å². The van der Waals surface area contributed by atoms with Crippen LogP contribution in [0.3, 0.4) is 0 Å². The number of ketones is 1. The van der Waals surface area contributed by atoms with E-state index in [4.69, 9.17) is 0 Å². The number of carbonyl (C=O) groups excluding carboxylic acids is 1. The molecule has 0 spiro atoms. The van der Waals surface area contributed by atoms with Crippen molar-refractivity contribution in [1.29, 1.82) is 0 Å². The molecular formula is C8H14O. The molecule has 1 aliphatic rings. The lowest BCUT2D eigenvalue weighted by Crippen LogP contribution is -2.00. The molecule has 1 fully saturated rings. The Balaban J connectivity index is 2.47. The SMILES string of the molecule is CC[C@@H]1CC(=O)C[C@H]1C. The summed E-state index contributed by atoms with van der Waals surface area (Å²) < 4.78 is 0. The minimum atomic E-state index is 0.467. The summed E-state index contributed by atoms with van der Waals surface area (Å²) >= 11 is 0. The molecule has 0 aromatic rings. The summed E-state index contributed by atoms with van der Waals surface area (Å²) in [6.07, 6.45) is 2.85. The van der Waals surface area contributed by atoms with Gasteiger partial charge in [0.25, 0.3) is 0 Å². The minimum Gasteiger partial charge on any atom is -0.300 e. The van der Waals surface area contributed by atoms with Gasteiger partial charge in [-0.1, -0.05) is 20.3 Å². The quantitative estimate of drug-likeness (QED) is 0.525. The molecule has 1 aliphatic carbocycles. The lowest BCUT2D eigenvalue weighted by atomic mass is 9.96. The van der Waals surface area contributed by atoms with Crippen LogP contribution >= 0.6 is 0 Å². The molecule has 1 nitrogen and oxygen atoms in total. The van der Waals surface area contributed by atoms with Gasteiger partial charge in [0.2, 0.25) is 0 Å². The summed E-state index contributed by atoms with van der Waals surface area (Å²) in [6.45, 7) is 4.35. The molecule has 9 heavy (non-hydrogen) atoms. The number of Topliss-reactive ketones (excluding diaryl/α,β-unsaturated/α-hetero) is 1. The molecule has 1 heteroatoms. The lowest BCUT2D eigenvalue weighted by Gasteiger charge is -2.08. The van der Waals surface area contributed by atoms with Crippen LogP contribution in [-0.4, -0.2) is 5.78 Å². The summed E-state index contributed by atoms with van der Waals surface area (Å²) in [7, 11) is 0. The molecule has 0 unspecified atom stereocenters. The summed E-state index contributed by atoms with van der Waals surface area (Å²) in [4.78, 5) is 10.8. The Kier molecular flexibility index (Phi) is 1.89. The van der Waals surface area contributed by atoms with E-state index >= 15 is 0 Å². The minimum absolute atomic E-state index is 0.467. The highest BCUT2D eigenvalue weighted by Crippen LogP contribution is 2.30. The number of rotatable bonds is 1. The third kappa shape index (κ3) is 1.32. The van der Waals surface area contributed by atoms with E-state index in [1.54, 1.807) is 0 Å². The maximum atomic E-state index is 10.8. The van der Waals surface area contributed by atoms with Crippen molar-refractivity contribution in [1.82, 2.24) is 0 Å². The highest BCUT2D eigenvalue weighted by molar-refractivity contribution is 5.81. The van der Waals surface area contributed by atoms with Crippen molar-refractivity contribution in [3.63, 3.8) is 0 Å². The second-order valence-electron chi connectivity index (χ2n) is 3.09. The van der Waals surface area contributed by atoms with Gasteiger partial charge in [0, 0.05) is 12.8 Å². The number of hydrogen-bond acceptors (Lipinski definition) is 1. The average molecular weight is 126 g/mol. The smallest absolute Gasteiger partial charge is 0.133 e. The first kappa shape index (κ1) is 6.79. The fourth-order valence-corrected chi connectivity index (χ4v) is 1.65. The first-order chi connectivity index (χ1) is 4.24. The van der Waals surface area contributed by atoms with Crippen molar-refractivity contribution >= 4 is 5.78 Å². The van der Waals surface area contributed by atoms with Crippen LogP contribution in [0, 0.1) is 11.8 Å². The molecule has 0 aliphatic heterocycles. The van der Waals surface area contributed by atoms with Crippen LogP contribution in [0.15, 0.2) is 0 Å². The van der Waals surface area contributed by atoms with E-state index in [9.17, 15) is 4.79 Å². The van der Waals surface area contributed by atoms with Crippen LogP contribution in [0.5, 0.6) is 0 Å². The highest BCUT2D eigenvalue weighted by Gasteiger charge is 2.27. The molecule has 0 saturated heterocycles. The van der Waals surface area contributed by atoms with Crippen molar-refractivity contribution in [2.75, 3.05) is 0 Å². The van der Waals surface area contributed by atoms with Crippen LogP contribution in [0.25, 0.3) is 0 Å². The lowest BCUT2D eigenvalue weighted by molar-refractivity contribution is -0.117. The number of carbonyl (C=O) groups is 1. The third-order valence-corrected chi connectivity index (χ3v) is 2.37. The molecule has 0 amide bonds. The molecule has 0 bridgehead atoms. The number of hydrogen-bond donors (Lipinski definition) is 0. The van der Waals surface area contributed by atoms with Crippen LogP contribution < -0.4 is 0 Å². The molecular weight excluding hydrogens is 112 g/mol. The van der Waals surface area contributed by atoms with Gasteiger partial charge in [0.15, 0.2) is 0 Å².